The highest BCUT2D eigenvalue weighted by Crippen LogP contribution is 2.36. The Kier molecular flexibility index (Phi) is 3.86. The van der Waals surface area contributed by atoms with Crippen molar-refractivity contribution in [2.45, 2.75) is 25.4 Å². The van der Waals surface area contributed by atoms with E-state index in [9.17, 15) is 0 Å². The van der Waals surface area contributed by atoms with Gasteiger partial charge in [-0.2, -0.15) is 5.10 Å². The molecule has 134 valence electrons. The second-order valence-electron chi connectivity index (χ2n) is 6.73. The first kappa shape index (κ1) is 15.5. The van der Waals surface area contributed by atoms with Crippen molar-refractivity contribution in [2.24, 2.45) is 0 Å². The number of pyridine rings is 1. The Hall–Kier alpha value is -2.80. The van der Waals surface area contributed by atoms with Crippen molar-refractivity contribution < 1.29 is 9.47 Å². The van der Waals surface area contributed by atoms with Gasteiger partial charge in [0.15, 0.2) is 17.1 Å². The second-order valence-corrected chi connectivity index (χ2v) is 6.73. The van der Waals surface area contributed by atoms with Crippen LogP contribution in [0.15, 0.2) is 42.7 Å². The lowest BCUT2D eigenvalue weighted by Gasteiger charge is -2.34. The average Bonchev–Trinajstić information content (AvgIpc) is 3.35. The maximum Gasteiger partial charge on any atom is 0.231 e. The van der Waals surface area contributed by atoms with Crippen molar-refractivity contribution in [3.63, 3.8) is 0 Å². The van der Waals surface area contributed by atoms with Crippen molar-refractivity contribution >= 4 is 11.3 Å². The Morgan fingerprint density at radius 3 is 2.88 bits per heavy atom. The molecule has 1 aromatic carbocycles. The third-order valence-electron chi connectivity index (χ3n) is 5.17. The fraction of sp³-hybridized carbons (Fsp3) is 0.368. The molecule has 0 atom stereocenters. The zero-order chi connectivity index (χ0) is 17.3. The van der Waals surface area contributed by atoms with Crippen LogP contribution in [0.3, 0.4) is 0 Å². The molecule has 2 aliphatic heterocycles. The van der Waals surface area contributed by atoms with Gasteiger partial charge in [-0.15, -0.1) is 0 Å². The fourth-order valence-corrected chi connectivity index (χ4v) is 3.71. The minimum Gasteiger partial charge on any atom is -0.454 e. The van der Waals surface area contributed by atoms with Gasteiger partial charge in [0.05, 0.1) is 5.69 Å². The summed E-state index contributed by atoms with van der Waals surface area (Å²) < 4.78 is 12.8. The topological polar surface area (TPSA) is 63.9 Å². The number of benzene rings is 1. The molecule has 1 saturated heterocycles. The molecule has 26 heavy (non-hydrogen) atoms. The van der Waals surface area contributed by atoms with Crippen LogP contribution in [0.4, 0.5) is 5.69 Å². The largest absolute Gasteiger partial charge is 0.454 e. The van der Waals surface area contributed by atoms with Crippen LogP contribution in [0.25, 0.3) is 5.65 Å². The van der Waals surface area contributed by atoms with Crippen molar-refractivity contribution in [3.05, 3.63) is 48.4 Å². The van der Waals surface area contributed by atoms with Crippen LogP contribution in [0.1, 0.15) is 18.5 Å². The number of anilines is 1. The van der Waals surface area contributed by atoms with Crippen LogP contribution < -0.4 is 19.7 Å². The van der Waals surface area contributed by atoms with Crippen LogP contribution in [0, 0.1) is 0 Å². The molecule has 4 heterocycles. The van der Waals surface area contributed by atoms with E-state index in [1.807, 2.05) is 22.7 Å². The summed E-state index contributed by atoms with van der Waals surface area (Å²) in [6, 6.07) is 12.8. The van der Waals surface area contributed by atoms with Gasteiger partial charge in [-0.25, -0.2) is 9.50 Å². The standard InChI is InChI=1S/C19H21N5O2/c1-2-16(24-19(3-1)21-12-22-24)11-20-14-6-8-23(9-7-14)15-4-5-17-18(10-15)26-13-25-17/h1-5,10,12,14,20H,6-9,11,13H2. The van der Waals surface area contributed by atoms with Crippen LogP contribution in [0.5, 0.6) is 11.5 Å². The minimum absolute atomic E-state index is 0.323. The first-order valence-electron chi connectivity index (χ1n) is 9.02. The summed E-state index contributed by atoms with van der Waals surface area (Å²) in [6.07, 6.45) is 3.83. The van der Waals surface area contributed by atoms with Crippen molar-refractivity contribution in [1.29, 1.82) is 0 Å². The summed E-state index contributed by atoms with van der Waals surface area (Å²) in [5, 5.41) is 7.97. The molecule has 5 rings (SSSR count). The monoisotopic (exact) mass is 351 g/mol. The van der Waals surface area contributed by atoms with E-state index in [0.29, 0.717) is 12.8 Å². The molecule has 1 fully saturated rings. The van der Waals surface area contributed by atoms with E-state index < -0.39 is 0 Å². The lowest BCUT2D eigenvalue weighted by molar-refractivity contribution is 0.174. The maximum atomic E-state index is 5.49. The van der Waals surface area contributed by atoms with Crippen LogP contribution in [-0.2, 0) is 6.54 Å². The smallest absolute Gasteiger partial charge is 0.231 e. The number of hydrogen-bond donors (Lipinski definition) is 1. The molecule has 1 N–H and O–H groups in total. The SMILES string of the molecule is c1cc(CNC2CCN(c3ccc4c(c3)OCO4)CC2)n2ncnc2c1. The lowest BCUT2D eigenvalue weighted by atomic mass is 10.0. The second kappa shape index (κ2) is 6.49. The van der Waals surface area contributed by atoms with E-state index in [0.717, 1.165) is 55.3 Å². The fourth-order valence-electron chi connectivity index (χ4n) is 3.71. The molecule has 0 saturated carbocycles. The molecule has 3 aromatic rings. The summed E-state index contributed by atoms with van der Waals surface area (Å²) in [5.74, 6) is 1.69. The molecule has 0 amide bonds. The van der Waals surface area contributed by atoms with Gasteiger partial charge in [-0.1, -0.05) is 6.07 Å². The summed E-state index contributed by atoms with van der Waals surface area (Å²) in [4.78, 5) is 6.66. The van der Waals surface area contributed by atoms with Crippen molar-refractivity contribution in [2.75, 3.05) is 24.8 Å². The molecule has 7 nitrogen and oxygen atoms in total. The Bertz CT molecular complexity index is 917. The normalized spacial score (nSPS) is 17.2. The van der Waals surface area contributed by atoms with Gasteiger partial charge in [0.25, 0.3) is 0 Å². The third kappa shape index (κ3) is 2.84. The summed E-state index contributed by atoms with van der Waals surface area (Å²) >= 11 is 0. The predicted molar refractivity (Wildman–Crippen MR) is 97.6 cm³/mol. The summed E-state index contributed by atoms with van der Waals surface area (Å²) in [7, 11) is 0. The van der Waals surface area contributed by atoms with Gasteiger partial charge in [0, 0.05) is 37.4 Å². The van der Waals surface area contributed by atoms with E-state index in [1.165, 1.54) is 5.69 Å². The number of nitrogens with zero attached hydrogens (tertiary/aromatic N) is 4. The van der Waals surface area contributed by atoms with Crippen LogP contribution in [0.2, 0.25) is 0 Å². The Morgan fingerprint density at radius 2 is 1.96 bits per heavy atom. The maximum absolute atomic E-state index is 5.49. The summed E-state index contributed by atoms with van der Waals surface area (Å²) in [6.45, 7) is 3.19. The number of ether oxygens (including phenoxy) is 2. The minimum atomic E-state index is 0.323. The molecule has 7 heteroatoms. The molecule has 0 aliphatic carbocycles. The van der Waals surface area contributed by atoms with E-state index in [-0.39, 0.29) is 0 Å². The number of fused-ring (bicyclic) bond motifs is 2. The van der Waals surface area contributed by atoms with Gasteiger partial charge in [-0.05, 0) is 37.1 Å². The van der Waals surface area contributed by atoms with Gasteiger partial charge in [-0.3, -0.25) is 0 Å². The Morgan fingerprint density at radius 1 is 1.08 bits per heavy atom. The van der Waals surface area contributed by atoms with E-state index >= 15 is 0 Å². The van der Waals surface area contributed by atoms with Crippen molar-refractivity contribution in [3.8, 4) is 11.5 Å². The highest BCUT2D eigenvalue weighted by molar-refractivity contribution is 5.57. The van der Waals surface area contributed by atoms with Gasteiger partial charge >= 0.3 is 0 Å². The molecular formula is C19H21N5O2. The van der Waals surface area contributed by atoms with E-state index in [4.69, 9.17) is 9.47 Å². The van der Waals surface area contributed by atoms with E-state index in [1.54, 1.807) is 6.33 Å². The Balaban J connectivity index is 1.19. The summed E-state index contributed by atoms with van der Waals surface area (Å²) in [5.41, 5.74) is 3.24. The molecule has 2 aromatic heterocycles. The van der Waals surface area contributed by atoms with Crippen LogP contribution >= 0.6 is 0 Å². The van der Waals surface area contributed by atoms with E-state index in [2.05, 4.69) is 38.5 Å². The molecule has 0 spiro atoms. The first-order chi connectivity index (χ1) is 12.9. The van der Waals surface area contributed by atoms with Crippen molar-refractivity contribution in [1.82, 2.24) is 19.9 Å². The average molecular weight is 351 g/mol. The first-order valence-corrected chi connectivity index (χ1v) is 9.02. The highest BCUT2D eigenvalue weighted by atomic mass is 16.7. The quantitative estimate of drug-likeness (QED) is 0.778. The van der Waals surface area contributed by atoms with Gasteiger partial charge in [0.1, 0.15) is 6.33 Å². The molecular weight excluding hydrogens is 330 g/mol. The molecule has 0 bridgehead atoms. The number of rotatable bonds is 4. The zero-order valence-corrected chi connectivity index (χ0v) is 14.5. The molecule has 2 aliphatic rings. The number of hydrogen-bond acceptors (Lipinski definition) is 6. The lowest BCUT2D eigenvalue weighted by Crippen LogP contribution is -2.42. The van der Waals surface area contributed by atoms with Gasteiger partial charge in [0.2, 0.25) is 6.79 Å². The zero-order valence-electron chi connectivity index (χ0n) is 14.5. The molecule has 0 radical (unpaired) electrons. The molecule has 0 unspecified atom stereocenters. The van der Waals surface area contributed by atoms with Crippen LogP contribution in [-0.4, -0.2) is 40.5 Å². The number of piperidine rings is 1. The highest BCUT2D eigenvalue weighted by Gasteiger charge is 2.21. The Labute approximate surface area is 151 Å². The number of nitrogens with one attached hydrogen (secondary N) is 1. The predicted octanol–water partition coefficient (Wildman–Crippen LogP) is 2.22. The van der Waals surface area contributed by atoms with Gasteiger partial charge < -0.3 is 19.7 Å². The number of aromatic nitrogens is 3. The third-order valence-corrected chi connectivity index (χ3v) is 5.17.